The molecule has 0 aliphatic rings. The zero-order valence-corrected chi connectivity index (χ0v) is 20.3. The average Bonchev–Trinajstić information content (AvgIpc) is 2.80. The highest BCUT2D eigenvalue weighted by molar-refractivity contribution is 6.42. The normalized spacial score (nSPS) is 10.9. The predicted octanol–water partition coefficient (Wildman–Crippen LogP) is 6.86. The molecule has 0 saturated heterocycles. The van der Waals surface area contributed by atoms with Crippen molar-refractivity contribution in [3.8, 4) is 11.8 Å². The molecule has 0 unspecified atom stereocenters. The number of anilines is 2. The van der Waals surface area contributed by atoms with E-state index in [9.17, 15) is 14.9 Å². The number of nitrogens with one attached hydrogen (secondary N) is 2. The molecule has 3 aromatic carbocycles. The number of nitrogens with zero attached hydrogens (tertiary/aromatic N) is 1. The molecule has 0 saturated carbocycles. The number of carbonyl (C=O) groups excluding carboxylic acids is 2. The second kappa shape index (κ2) is 11.8. The van der Waals surface area contributed by atoms with Crippen LogP contribution < -0.4 is 15.4 Å². The Labute approximate surface area is 215 Å². The minimum Gasteiger partial charge on any atom is -0.481 e. The first-order valence-electron chi connectivity index (χ1n) is 9.61. The predicted molar refractivity (Wildman–Crippen MR) is 136 cm³/mol. The van der Waals surface area contributed by atoms with Crippen molar-refractivity contribution >= 4 is 75.7 Å². The zero-order valence-electron chi connectivity index (χ0n) is 17.2. The van der Waals surface area contributed by atoms with Crippen LogP contribution in [0.1, 0.15) is 5.56 Å². The molecule has 0 aliphatic heterocycles. The van der Waals surface area contributed by atoms with E-state index in [2.05, 4.69) is 10.6 Å². The van der Waals surface area contributed by atoms with Gasteiger partial charge in [-0.05, 0) is 54.1 Å². The van der Waals surface area contributed by atoms with Gasteiger partial charge in [-0.25, -0.2) is 0 Å². The van der Waals surface area contributed by atoms with Crippen LogP contribution in [-0.2, 0) is 9.59 Å². The number of ether oxygens (including phenoxy) is 1. The van der Waals surface area contributed by atoms with Gasteiger partial charge in [0.15, 0.2) is 12.4 Å². The fraction of sp³-hybridized carbons (Fsp3) is 0.0417. The van der Waals surface area contributed by atoms with Crippen molar-refractivity contribution < 1.29 is 14.3 Å². The SMILES string of the molecule is N#C/C(=C\c1cc(Cl)c(OCC(=O)Nc2ccc(Cl)c(Cl)c2)c(Cl)c1)C(=O)Nc1ccccc1. The number of hydrogen-bond donors (Lipinski definition) is 2. The molecule has 6 nitrogen and oxygen atoms in total. The monoisotopic (exact) mass is 533 g/mol. The van der Waals surface area contributed by atoms with E-state index in [0.29, 0.717) is 27.0 Å². The van der Waals surface area contributed by atoms with Crippen molar-refractivity contribution in [3.63, 3.8) is 0 Å². The molecule has 0 heterocycles. The Morgan fingerprint density at radius 2 is 1.53 bits per heavy atom. The third-order valence-electron chi connectivity index (χ3n) is 4.28. The lowest BCUT2D eigenvalue weighted by molar-refractivity contribution is -0.118. The topological polar surface area (TPSA) is 91.2 Å². The van der Waals surface area contributed by atoms with Gasteiger partial charge in [-0.1, -0.05) is 64.6 Å². The summed E-state index contributed by atoms with van der Waals surface area (Å²) < 4.78 is 5.47. The largest absolute Gasteiger partial charge is 0.481 e. The van der Waals surface area contributed by atoms with E-state index in [4.69, 9.17) is 51.1 Å². The Hall–Kier alpha value is -3.21. The van der Waals surface area contributed by atoms with Crippen molar-refractivity contribution in [2.45, 2.75) is 0 Å². The van der Waals surface area contributed by atoms with E-state index in [1.54, 1.807) is 42.5 Å². The maximum absolute atomic E-state index is 12.4. The van der Waals surface area contributed by atoms with Crippen molar-refractivity contribution in [3.05, 3.63) is 91.9 Å². The average molecular weight is 535 g/mol. The van der Waals surface area contributed by atoms with Crippen LogP contribution >= 0.6 is 46.4 Å². The van der Waals surface area contributed by atoms with Crippen molar-refractivity contribution in [2.75, 3.05) is 17.2 Å². The molecule has 3 rings (SSSR count). The Morgan fingerprint density at radius 1 is 0.853 bits per heavy atom. The standard InChI is InChI=1S/C24H15Cl4N3O3/c25-18-7-6-17(11-19(18)26)30-22(32)13-34-23-20(27)9-14(10-21(23)28)8-15(12-29)24(33)31-16-4-2-1-3-5-16/h1-11H,13H2,(H,30,32)(H,31,33)/b15-8+. The van der Waals surface area contributed by atoms with E-state index >= 15 is 0 Å². The molecule has 0 spiro atoms. The summed E-state index contributed by atoms with van der Waals surface area (Å²) in [7, 11) is 0. The minimum atomic E-state index is -0.583. The fourth-order valence-electron chi connectivity index (χ4n) is 2.74. The summed E-state index contributed by atoms with van der Waals surface area (Å²) >= 11 is 24.3. The molecular weight excluding hydrogens is 520 g/mol. The van der Waals surface area contributed by atoms with Gasteiger partial charge in [0, 0.05) is 11.4 Å². The van der Waals surface area contributed by atoms with Crippen LogP contribution in [0.25, 0.3) is 6.08 Å². The lowest BCUT2D eigenvalue weighted by atomic mass is 10.1. The first-order chi connectivity index (χ1) is 16.3. The van der Waals surface area contributed by atoms with Gasteiger partial charge < -0.3 is 15.4 Å². The molecule has 34 heavy (non-hydrogen) atoms. The summed E-state index contributed by atoms with van der Waals surface area (Å²) in [5, 5.41) is 15.5. The van der Waals surface area contributed by atoms with E-state index < -0.39 is 11.8 Å². The van der Waals surface area contributed by atoms with Crippen molar-refractivity contribution in [1.29, 1.82) is 5.26 Å². The quantitative estimate of drug-likeness (QED) is 0.256. The molecule has 10 heteroatoms. The molecule has 3 aromatic rings. The third-order valence-corrected chi connectivity index (χ3v) is 5.58. The summed E-state index contributed by atoms with van der Waals surface area (Å²) in [5.74, 6) is -0.976. The number of hydrogen-bond acceptors (Lipinski definition) is 4. The van der Waals surface area contributed by atoms with Gasteiger partial charge in [-0.2, -0.15) is 5.26 Å². The van der Waals surface area contributed by atoms with E-state index in [1.165, 1.54) is 24.3 Å². The molecule has 0 bridgehead atoms. The minimum absolute atomic E-state index is 0.0806. The van der Waals surface area contributed by atoms with E-state index in [1.807, 2.05) is 6.07 Å². The molecule has 2 N–H and O–H groups in total. The van der Waals surface area contributed by atoms with Gasteiger partial charge in [0.1, 0.15) is 11.6 Å². The lowest BCUT2D eigenvalue weighted by Gasteiger charge is -2.12. The molecule has 0 fully saturated rings. The van der Waals surface area contributed by atoms with Gasteiger partial charge >= 0.3 is 0 Å². The van der Waals surface area contributed by atoms with Crippen LogP contribution in [-0.4, -0.2) is 18.4 Å². The summed E-state index contributed by atoms with van der Waals surface area (Å²) in [6, 6.07) is 18.2. The van der Waals surface area contributed by atoms with Crippen LogP contribution in [0, 0.1) is 11.3 Å². The summed E-state index contributed by atoms with van der Waals surface area (Å²) in [4.78, 5) is 24.6. The fourth-order valence-corrected chi connectivity index (χ4v) is 3.66. The summed E-state index contributed by atoms with van der Waals surface area (Å²) in [6.45, 7) is -0.377. The summed E-state index contributed by atoms with van der Waals surface area (Å²) in [5.41, 5.74) is 1.25. The molecule has 0 radical (unpaired) electrons. The Bertz CT molecular complexity index is 1280. The van der Waals surface area contributed by atoms with Crippen LogP contribution in [0.5, 0.6) is 5.75 Å². The zero-order chi connectivity index (χ0) is 24.7. The van der Waals surface area contributed by atoms with Gasteiger partial charge in [0.25, 0.3) is 11.8 Å². The van der Waals surface area contributed by atoms with Gasteiger partial charge in [0.05, 0.1) is 20.1 Å². The van der Waals surface area contributed by atoms with Crippen LogP contribution in [0.15, 0.2) is 66.2 Å². The number of benzene rings is 3. The number of para-hydroxylation sites is 1. The molecule has 172 valence electrons. The molecule has 2 amide bonds. The Kier molecular flexibility index (Phi) is 8.80. The Balaban J connectivity index is 1.68. The second-order valence-corrected chi connectivity index (χ2v) is 8.40. The van der Waals surface area contributed by atoms with Crippen molar-refractivity contribution in [2.24, 2.45) is 0 Å². The van der Waals surface area contributed by atoms with Crippen LogP contribution in [0.4, 0.5) is 11.4 Å². The highest BCUT2D eigenvalue weighted by Gasteiger charge is 2.14. The summed E-state index contributed by atoms with van der Waals surface area (Å²) in [6.07, 6.45) is 1.34. The molecule has 0 aliphatic carbocycles. The number of rotatable bonds is 7. The number of amides is 2. The highest BCUT2D eigenvalue weighted by Crippen LogP contribution is 2.35. The molecule has 0 aromatic heterocycles. The molecule has 0 atom stereocenters. The third kappa shape index (κ3) is 6.89. The van der Waals surface area contributed by atoms with Crippen molar-refractivity contribution in [1.82, 2.24) is 0 Å². The first kappa shape index (κ1) is 25.4. The maximum atomic E-state index is 12.4. The highest BCUT2D eigenvalue weighted by atomic mass is 35.5. The maximum Gasteiger partial charge on any atom is 0.266 e. The van der Waals surface area contributed by atoms with Crippen LogP contribution in [0.3, 0.4) is 0 Å². The van der Waals surface area contributed by atoms with E-state index in [-0.39, 0.29) is 28.0 Å². The number of nitriles is 1. The van der Waals surface area contributed by atoms with Crippen LogP contribution in [0.2, 0.25) is 20.1 Å². The number of carbonyl (C=O) groups is 2. The van der Waals surface area contributed by atoms with Gasteiger partial charge in [0.2, 0.25) is 0 Å². The molecular formula is C24H15Cl4N3O3. The smallest absolute Gasteiger partial charge is 0.266 e. The second-order valence-electron chi connectivity index (χ2n) is 6.77. The number of halogens is 4. The van der Waals surface area contributed by atoms with Gasteiger partial charge in [-0.15, -0.1) is 0 Å². The van der Waals surface area contributed by atoms with E-state index in [0.717, 1.165) is 0 Å². The van der Waals surface area contributed by atoms with Gasteiger partial charge in [-0.3, -0.25) is 9.59 Å². The lowest BCUT2D eigenvalue weighted by Crippen LogP contribution is -2.20. The Morgan fingerprint density at radius 3 is 2.15 bits per heavy atom. The first-order valence-corrected chi connectivity index (χ1v) is 11.1.